The largest absolute Gasteiger partial charge is 0.322 e. The number of anilines is 1. The van der Waals surface area contributed by atoms with Gasteiger partial charge in [0, 0.05) is 38.0 Å². The van der Waals surface area contributed by atoms with Crippen molar-refractivity contribution in [2.75, 3.05) is 32.5 Å². The average Bonchev–Trinajstić information content (AvgIpc) is 2.79. The van der Waals surface area contributed by atoms with E-state index in [0.29, 0.717) is 41.9 Å². The Morgan fingerprint density at radius 1 is 1.15 bits per heavy atom. The molecule has 0 aliphatic rings. The van der Waals surface area contributed by atoms with Crippen molar-refractivity contribution in [2.24, 2.45) is 7.05 Å². The molecule has 3 aromatic rings. The van der Waals surface area contributed by atoms with Gasteiger partial charge in [-0.25, -0.2) is 9.78 Å². The zero-order valence-electron chi connectivity index (χ0n) is 19.2. The Morgan fingerprint density at radius 3 is 2.42 bits per heavy atom. The number of non-ortho nitro benzene ring substituents is 1. The summed E-state index contributed by atoms with van der Waals surface area (Å²) in [5.41, 5.74) is 0.796. The lowest BCUT2D eigenvalue weighted by atomic mass is 10.1. The molecule has 3 rings (SSSR count). The monoisotopic (exact) mass is 452 g/mol. The number of amides is 2. The minimum atomic E-state index is -0.492. The van der Waals surface area contributed by atoms with Gasteiger partial charge in [0.1, 0.15) is 5.82 Å². The number of para-hydroxylation sites is 1. The van der Waals surface area contributed by atoms with Crippen molar-refractivity contribution >= 4 is 28.3 Å². The van der Waals surface area contributed by atoms with Gasteiger partial charge in [-0.15, -0.1) is 0 Å². The van der Waals surface area contributed by atoms with Crippen molar-refractivity contribution in [1.29, 1.82) is 0 Å². The fraction of sp³-hybridized carbons (Fsp3) is 0.348. The standard InChI is InChI=1S/C23H28N6O4/c1-5-20(21-25-19-9-7-6-8-18(19)22(30)27(21)4)28(15-14-26(2)3)23(31)24-16-10-12-17(13-11-16)29(32)33/h6-13,20H,5,14-15H2,1-4H3,(H,24,31). The Kier molecular flexibility index (Phi) is 7.39. The molecule has 2 aromatic carbocycles. The third-order valence-electron chi connectivity index (χ3n) is 5.46. The van der Waals surface area contributed by atoms with Crippen LogP contribution in [-0.2, 0) is 7.05 Å². The van der Waals surface area contributed by atoms with Crippen molar-refractivity contribution in [1.82, 2.24) is 19.4 Å². The van der Waals surface area contributed by atoms with Gasteiger partial charge in [0.05, 0.1) is 21.9 Å². The Labute approximate surface area is 191 Å². The molecular formula is C23H28N6O4. The third kappa shape index (κ3) is 5.35. The van der Waals surface area contributed by atoms with Crippen LogP contribution in [0.1, 0.15) is 25.2 Å². The second-order valence-electron chi connectivity index (χ2n) is 8.01. The molecule has 0 saturated carbocycles. The first-order chi connectivity index (χ1) is 15.7. The number of benzene rings is 2. The highest BCUT2D eigenvalue weighted by atomic mass is 16.6. The van der Waals surface area contributed by atoms with Crippen LogP contribution in [0.2, 0.25) is 0 Å². The lowest BCUT2D eigenvalue weighted by Gasteiger charge is -2.32. The lowest BCUT2D eigenvalue weighted by molar-refractivity contribution is -0.384. The van der Waals surface area contributed by atoms with Crippen LogP contribution in [0.3, 0.4) is 0 Å². The minimum Gasteiger partial charge on any atom is -0.313 e. The van der Waals surface area contributed by atoms with Gasteiger partial charge in [-0.1, -0.05) is 19.1 Å². The molecule has 0 bridgehead atoms. The first-order valence-electron chi connectivity index (χ1n) is 10.7. The number of hydrogen-bond acceptors (Lipinski definition) is 6. The number of nitro benzene ring substituents is 1. The Balaban J connectivity index is 1.98. The van der Waals surface area contributed by atoms with Crippen LogP contribution in [-0.4, -0.2) is 57.5 Å². The second-order valence-corrected chi connectivity index (χ2v) is 8.01. The molecule has 0 aliphatic carbocycles. The highest BCUT2D eigenvalue weighted by Crippen LogP contribution is 2.25. The molecule has 0 spiro atoms. The van der Waals surface area contributed by atoms with Crippen LogP contribution in [0.25, 0.3) is 10.9 Å². The molecule has 1 atom stereocenters. The number of nitrogens with zero attached hydrogens (tertiary/aromatic N) is 5. The van der Waals surface area contributed by atoms with E-state index in [2.05, 4.69) is 5.32 Å². The third-order valence-corrected chi connectivity index (χ3v) is 5.46. The first-order valence-corrected chi connectivity index (χ1v) is 10.7. The number of nitrogens with one attached hydrogen (secondary N) is 1. The first kappa shape index (κ1) is 23.9. The lowest BCUT2D eigenvalue weighted by Crippen LogP contribution is -2.43. The van der Waals surface area contributed by atoms with E-state index in [-0.39, 0.29) is 17.3 Å². The molecule has 1 aromatic heterocycles. The normalized spacial score (nSPS) is 12.0. The minimum absolute atomic E-state index is 0.0562. The quantitative estimate of drug-likeness (QED) is 0.414. The van der Waals surface area contributed by atoms with Crippen LogP contribution >= 0.6 is 0 Å². The van der Waals surface area contributed by atoms with Gasteiger partial charge in [-0.05, 0) is 44.8 Å². The summed E-state index contributed by atoms with van der Waals surface area (Å²) in [6.07, 6.45) is 0.541. The number of carbonyl (C=O) groups excluding carboxylic acids is 1. The zero-order chi connectivity index (χ0) is 24.1. The number of fused-ring (bicyclic) bond motifs is 1. The van der Waals surface area contributed by atoms with Gasteiger partial charge < -0.3 is 15.1 Å². The number of carbonyl (C=O) groups is 1. The fourth-order valence-electron chi connectivity index (χ4n) is 3.64. The summed E-state index contributed by atoms with van der Waals surface area (Å²) in [5, 5.41) is 14.2. The number of hydrogen-bond donors (Lipinski definition) is 1. The maximum Gasteiger partial charge on any atom is 0.322 e. The van der Waals surface area contributed by atoms with Crippen molar-refractivity contribution in [3.8, 4) is 0 Å². The highest BCUT2D eigenvalue weighted by molar-refractivity contribution is 5.89. The van der Waals surface area contributed by atoms with E-state index in [1.165, 1.54) is 28.8 Å². The summed E-state index contributed by atoms with van der Waals surface area (Å²) in [6, 6.07) is 12.0. The number of likely N-dealkylation sites (N-methyl/N-ethyl adjacent to an activating group) is 1. The fourth-order valence-corrected chi connectivity index (χ4v) is 3.64. The number of urea groups is 1. The summed E-state index contributed by atoms with van der Waals surface area (Å²) < 4.78 is 1.50. The van der Waals surface area contributed by atoms with Crippen molar-refractivity contribution in [3.63, 3.8) is 0 Å². The molecule has 10 nitrogen and oxygen atoms in total. The van der Waals surface area contributed by atoms with Gasteiger partial charge in [-0.3, -0.25) is 19.5 Å². The topological polar surface area (TPSA) is 114 Å². The number of nitro groups is 1. The summed E-state index contributed by atoms with van der Waals surface area (Å²) in [7, 11) is 5.49. The van der Waals surface area contributed by atoms with Crippen molar-refractivity contribution in [2.45, 2.75) is 19.4 Å². The van der Waals surface area contributed by atoms with E-state index in [1.54, 1.807) is 30.1 Å². The van der Waals surface area contributed by atoms with Crippen molar-refractivity contribution in [3.05, 3.63) is 74.8 Å². The summed E-state index contributed by atoms with van der Waals surface area (Å²) >= 11 is 0. The van der Waals surface area contributed by atoms with Gasteiger partial charge in [0.2, 0.25) is 0 Å². The smallest absolute Gasteiger partial charge is 0.313 e. The molecule has 1 unspecified atom stereocenters. The van der Waals surface area contributed by atoms with Gasteiger partial charge in [0.15, 0.2) is 0 Å². The van der Waals surface area contributed by atoms with E-state index in [4.69, 9.17) is 4.98 Å². The van der Waals surface area contributed by atoms with E-state index < -0.39 is 11.0 Å². The predicted octanol–water partition coefficient (Wildman–Crippen LogP) is 3.39. The molecule has 1 heterocycles. The summed E-state index contributed by atoms with van der Waals surface area (Å²) in [4.78, 5) is 45.0. The Bertz CT molecular complexity index is 1210. The van der Waals surface area contributed by atoms with Gasteiger partial charge in [-0.2, -0.15) is 0 Å². The van der Waals surface area contributed by atoms with E-state index >= 15 is 0 Å². The van der Waals surface area contributed by atoms with Crippen LogP contribution < -0.4 is 10.9 Å². The van der Waals surface area contributed by atoms with E-state index in [1.807, 2.05) is 32.0 Å². The van der Waals surface area contributed by atoms with Gasteiger partial charge in [0.25, 0.3) is 11.2 Å². The average molecular weight is 453 g/mol. The molecule has 2 amide bonds. The Hall–Kier alpha value is -3.79. The number of aromatic nitrogens is 2. The molecule has 0 saturated heterocycles. The maximum absolute atomic E-state index is 13.3. The summed E-state index contributed by atoms with van der Waals surface area (Å²) in [5.74, 6) is 0.499. The molecule has 0 fully saturated rings. The van der Waals surface area contributed by atoms with E-state index in [9.17, 15) is 19.7 Å². The van der Waals surface area contributed by atoms with E-state index in [0.717, 1.165) is 0 Å². The van der Waals surface area contributed by atoms with Crippen LogP contribution in [0.4, 0.5) is 16.2 Å². The summed E-state index contributed by atoms with van der Waals surface area (Å²) in [6.45, 7) is 2.94. The SMILES string of the molecule is CCC(c1nc2ccccc2c(=O)n1C)N(CCN(C)C)C(=O)Nc1ccc([N+](=O)[O-])cc1. The second kappa shape index (κ2) is 10.2. The van der Waals surface area contributed by atoms with Crippen LogP contribution in [0.15, 0.2) is 53.3 Å². The van der Waals surface area contributed by atoms with Gasteiger partial charge >= 0.3 is 6.03 Å². The number of rotatable bonds is 8. The highest BCUT2D eigenvalue weighted by Gasteiger charge is 2.28. The molecule has 10 heteroatoms. The molecular weight excluding hydrogens is 424 g/mol. The maximum atomic E-state index is 13.3. The molecule has 174 valence electrons. The molecule has 1 N–H and O–H groups in total. The molecule has 0 radical (unpaired) electrons. The zero-order valence-corrected chi connectivity index (χ0v) is 19.2. The molecule has 33 heavy (non-hydrogen) atoms. The van der Waals surface area contributed by atoms with Crippen LogP contribution in [0.5, 0.6) is 0 Å². The Morgan fingerprint density at radius 2 is 1.82 bits per heavy atom. The van der Waals surface area contributed by atoms with Crippen LogP contribution in [0, 0.1) is 10.1 Å². The predicted molar refractivity (Wildman–Crippen MR) is 127 cm³/mol. The molecule has 0 aliphatic heterocycles. The van der Waals surface area contributed by atoms with Crippen molar-refractivity contribution < 1.29 is 9.72 Å².